The van der Waals surface area contributed by atoms with E-state index in [-0.39, 0.29) is 0 Å². The molecule has 0 unspecified atom stereocenters. The molecule has 2 rings (SSSR count). The Hall–Kier alpha value is -1.35. The summed E-state index contributed by atoms with van der Waals surface area (Å²) in [6.07, 6.45) is 1.87. The van der Waals surface area contributed by atoms with E-state index in [1.165, 1.54) is 11.1 Å². The molecule has 3 heteroatoms. The minimum Gasteiger partial charge on any atom is -0.497 e. The van der Waals surface area contributed by atoms with Crippen molar-refractivity contribution in [1.82, 2.24) is 0 Å². The van der Waals surface area contributed by atoms with Crippen molar-refractivity contribution in [1.29, 1.82) is 0 Å². The summed E-state index contributed by atoms with van der Waals surface area (Å²) in [6.45, 7) is 1.53. The number of fused-ring (bicyclic) bond motifs is 1. The highest BCUT2D eigenvalue weighted by molar-refractivity contribution is 6.03. The highest BCUT2D eigenvalue weighted by atomic mass is 16.5. The molecule has 15 heavy (non-hydrogen) atoms. The van der Waals surface area contributed by atoms with Gasteiger partial charge in [-0.15, -0.1) is 0 Å². The standard InChI is InChI=1S/C12H16N2O/c1-15-10-3-2-9-5-7-14-12(4-6-13)11(9)8-10/h2-3,8H,4-7,13H2,1H3. The maximum Gasteiger partial charge on any atom is 0.119 e. The first kappa shape index (κ1) is 10.2. The minimum atomic E-state index is 0.648. The highest BCUT2D eigenvalue weighted by Crippen LogP contribution is 2.22. The Morgan fingerprint density at radius 3 is 3.07 bits per heavy atom. The molecule has 0 saturated carbocycles. The zero-order valence-electron chi connectivity index (χ0n) is 8.99. The van der Waals surface area contributed by atoms with Gasteiger partial charge in [-0.1, -0.05) is 6.07 Å². The lowest BCUT2D eigenvalue weighted by molar-refractivity contribution is 0.414. The Morgan fingerprint density at radius 1 is 1.47 bits per heavy atom. The second kappa shape index (κ2) is 4.45. The second-order valence-electron chi connectivity index (χ2n) is 3.64. The van der Waals surface area contributed by atoms with Gasteiger partial charge in [-0.3, -0.25) is 4.99 Å². The molecule has 0 amide bonds. The molecule has 0 radical (unpaired) electrons. The predicted molar refractivity (Wildman–Crippen MR) is 61.8 cm³/mol. The fraction of sp³-hybridized carbons (Fsp3) is 0.417. The van der Waals surface area contributed by atoms with E-state index < -0.39 is 0 Å². The average molecular weight is 204 g/mol. The lowest BCUT2D eigenvalue weighted by Gasteiger charge is -2.17. The summed E-state index contributed by atoms with van der Waals surface area (Å²) in [5.41, 5.74) is 9.27. The first-order chi connectivity index (χ1) is 7.35. The molecular weight excluding hydrogens is 188 g/mol. The van der Waals surface area contributed by atoms with Gasteiger partial charge in [0.2, 0.25) is 0 Å². The van der Waals surface area contributed by atoms with Gasteiger partial charge in [-0.25, -0.2) is 0 Å². The summed E-state index contributed by atoms with van der Waals surface area (Å²) >= 11 is 0. The van der Waals surface area contributed by atoms with Crippen LogP contribution in [0.15, 0.2) is 23.2 Å². The summed E-state index contributed by atoms with van der Waals surface area (Å²) in [6, 6.07) is 6.19. The number of hydrogen-bond acceptors (Lipinski definition) is 3. The summed E-state index contributed by atoms with van der Waals surface area (Å²) in [4.78, 5) is 4.52. The van der Waals surface area contributed by atoms with Crippen LogP contribution in [0.3, 0.4) is 0 Å². The number of nitrogens with zero attached hydrogens (tertiary/aromatic N) is 1. The first-order valence-electron chi connectivity index (χ1n) is 5.26. The molecule has 3 nitrogen and oxygen atoms in total. The van der Waals surface area contributed by atoms with Crippen LogP contribution in [0, 0.1) is 0 Å². The van der Waals surface area contributed by atoms with Crippen LogP contribution in [0.25, 0.3) is 0 Å². The summed E-state index contributed by atoms with van der Waals surface area (Å²) in [5, 5.41) is 0. The van der Waals surface area contributed by atoms with Crippen molar-refractivity contribution in [3.63, 3.8) is 0 Å². The molecule has 0 saturated heterocycles. The smallest absolute Gasteiger partial charge is 0.119 e. The van der Waals surface area contributed by atoms with Gasteiger partial charge in [-0.05, 0) is 30.7 Å². The van der Waals surface area contributed by atoms with E-state index in [0.717, 1.165) is 30.8 Å². The van der Waals surface area contributed by atoms with Gasteiger partial charge >= 0.3 is 0 Å². The van der Waals surface area contributed by atoms with Crippen LogP contribution >= 0.6 is 0 Å². The van der Waals surface area contributed by atoms with Crippen molar-refractivity contribution in [2.24, 2.45) is 10.7 Å². The monoisotopic (exact) mass is 204 g/mol. The topological polar surface area (TPSA) is 47.6 Å². The lowest BCUT2D eigenvalue weighted by atomic mass is 9.96. The van der Waals surface area contributed by atoms with E-state index in [0.29, 0.717) is 6.54 Å². The number of methoxy groups -OCH3 is 1. The number of ether oxygens (including phenoxy) is 1. The van der Waals surface area contributed by atoms with E-state index in [1.807, 2.05) is 6.07 Å². The molecular formula is C12H16N2O. The molecule has 0 bridgehead atoms. The Kier molecular flexibility index (Phi) is 3.02. The van der Waals surface area contributed by atoms with Crippen LogP contribution in [-0.2, 0) is 6.42 Å². The maximum atomic E-state index is 5.57. The Labute approximate surface area is 90.0 Å². The third-order valence-corrected chi connectivity index (χ3v) is 2.69. The van der Waals surface area contributed by atoms with E-state index in [2.05, 4.69) is 17.1 Å². The van der Waals surface area contributed by atoms with Crippen LogP contribution in [0.5, 0.6) is 5.75 Å². The van der Waals surface area contributed by atoms with E-state index in [4.69, 9.17) is 10.5 Å². The summed E-state index contributed by atoms with van der Waals surface area (Å²) < 4.78 is 5.22. The van der Waals surface area contributed by atoms with Crippen molar-refractivity contribution >= 4 is 5.71 Å². The molecule has 1 aromatic rings. The molecule has 0 aromatic heterocycles. The van der Waals surface area contributed by atoms with Gasteiger partial charge in [0.1, 0.15) is 5.75 Å². The Balaban J connectivity index is 2.38. The second-order valence-corrected chi connectivity index (χ2v) is 3.64. The normalized spacial score (nSPS) is 14.4. The SMILES string of the molecule is COc1ccc2c(c1)C(CCN)=NCC2. The number of hydrogen-bond donors (Lipinski definition) is 1. The molecule has 2 N–H and O–H groups in total. The third kappa shape index (κ3) is 2.02. The Bertz CT molecular complexity index is 385. The van der Waals surface area contributed by atoms with Gasteiger partial charge in [0.05, 0.1) is 7.11 Å². The summed E-state index contributed by atoms with van der Waals surface area (Å²) in [7, 11) is 1.68. The zero-order valence-corrected chi connectivity index (χ0v) is 8.99. The van der Waals surface area contributed by atoms with Crippen molar-refractivity contribution in [2.45, 2.75) is 12.8 Å². The van der Waals surface area contributed by atoms with Crippen LogP contribution < -0.4 is 10.5 Å². The molecule has 1 heterocycles. The number of benzene rings is 1. The molecule has 0 fully saturated rings. The quantitative estimate of drug-likeness (QED) is 0.808. The molecule has 80 valence electrons. The number of aliphatic imine (C=N–C) groups is 1. The number of nitrogens with two attached hydrogens (primary N) is 1. The zero-order chi connectivity index (χ0) is 10.7. The largest absolute Gasteiger partial charge is 0.497 e. The van der Waals surface area contributed by atoms with Crippen molar-refractivity contribution < 1.29 is 4.74 Å². The maximum absolute atomic E-state index is 5.57. The fourth-order valence-electron chi connectivity index (χ4n) is 1.92. The van der Waals surface area contributed by atoms with E-state index >= 15 is 0 Å². The molecule has 1 aliphatic rings. The van der Waals surface area contributed by atoms with Crippen molar-refractivity contribution in [3.8, 4) is 5.75 Å². The van der Waals surface area contributed by atoms with Crippen LogP contribution in [0.2, 0.25) is 0 Å². The molecule has 0 spiro atoms. The number of rotatable bonds is 3. The molecule has 0 aliphatic carbocycles. The van der Waals surface area contributed by atoms with E-state index in [1.54, 1.807) is 7.11 Å². The fourth-order valence-corrected chi connectivity index (χ4v) is 1.92. The van der Waals surface area contributed by atoms with Gasteiger partial charge in [0.15, 0.2) is 0 Å². The predicted octanol–water partition coefficient (Wildman–Crippen LogP) is 1.39. The van der Waals surface area contributed by atoms with Gasteiger partial charge in [0.25, 0.3) is 0 Å². The van der Waals surface area contributed by atoms with Gasteiger partial charge in [0, 0.05) is 24.2 Å². The van der Waals surface area contributed by atoms with Gasteiger partial charge < -0.3 is 10.5 Å². The van der Waals surface area contributed by atoms with Crippen molar-refractivity contribution in [3.05, 3.63) is 29.3 Å². The van der Waals surface area contributed by atoms with Crippen LogP contribution in [0.4, 0.5) is 0 Å². The minimum absolute atomic E-state index is 0.648. The van der Waals surface area contributed by atoms with Crippen molar-refractivity contribution in [2.75, 3.05) is 20.2 Å². The molecule has 0 atom stereocenters. The highest BCUT2D eigenvalue weighted by Gasteiger charge is 2.13. The van der Waals surface area contributed by atoms with E-state index in [9.17, 15) is 0 Å². The molecule has 1 aliphatic heterocycles. The summed E-state index contributed by atoms with van der Waals surface area (Å²) in [5.74, 6) is 0.889. The first-order valence-corrected chi connectivity index (χ1v) is 5.26. The third-order valence-electron chi connectivity index (χ3n) is 2.69. The Morgan fingerprint density at radius 2 is 2.33 bits per heavy atom. The molecule has 1 aromatic carbocycles. The van der Waals surface area contributed by atoms with Gasteiger partial charge in [-0.2, -0.15) is 0 Å². The lowest BCUT2D eigenvalue weighted by Crippen LogP contribution is -2.16. The van der Waals surface area contributed by atoms with Crippen LogP contribution in [0.1, 0.15) is 17.5 Å². The average Bonchev–Trinajstić information content (AvgIpc) is 2.29. The van der Waals surface area contributed by atoms with Crippen LogP contribution in [-0.4, -0.2) is 25.9 Å².